The largest absolute Gasteiger partial charge is 0.291 e. The van der Waals surface area contributed by atoms with Gasteiger partial charge >= 0.3 is 0 Å². The number of nitrogens with zero attached hydrogens (tertiary/aromatic N) is 2. The molecule has 24 heavy (non-hydrogen) atoms. The van der Waals surface area contributed by atoms with Crippen molar-refractivity contribution in [2.45, 2.75) is 0 Å². The lowest BCUT2D eigenvalue weighted by Crippen LogP contribution is -2.00. The summed E-state index contributed by atoms with van der Waals surface area (Å²) in [6.45, 7) is 0. The summed E-state index contributed by atoms with van der Waals surface area (Å²) in [4.78, 5) is 4.39. The van der Waals surface area contributed by atoms with E-state index in [2.05, 4.69) is 4.98 Å². The highest BCUT2D eigenvalue weighted by Crippen LogP contribution is 2.29. The Bertz CT molecular complexity index is 1000. The Labute approximate surface area is 139 Å². The molecule has 0 atom stereocenters. The quantitative estimate of drug-likeness (QED) is 0.488. The highest BCUT2D eigenvalue weighted by atomic mass is 19.1. The van der Waals surface area contributed by atoms with Crippen LogP contribution in [0.4, 0.5) is 4.39 Å². The highest BCUT2D eigenvalue weighted by molar-refractivity contribution is 5.89. The number of fused-ring (bicyclic) bond motifs is 1. The van der Waals surface area contributed by atoms with Crippen molar-refractivity contribution in [3.8, 4) is 5.82 Å². The van der Waals surface area contributed by atoms with Gasteiger partial charge in [0.05, 0.1) is 11.2 Å². The van der Waals surface area contributed by atoms with Gasteiger partial charge in [0, 0.05) is 11.6 Å². The van der Waals surface area contributed by atoms with Crippen molar-refractivity contribution >= 4 is 22.8 Å². The van der Waals surface area contributed by atoms with Crippen LogP contribution in [0.5, 0.6) is 0 Å². The van der Waals surface area contributed by atoms with E-state index >= 15 is 4.39 Å². The van der Waals surface area contributed by atoms with Crippen LogP contribution in [0.15, 0.2) is 85.1 Å². The molecule has 0 saturated heterocycles. The van der Waals surface area contributed by atoms with Gasteiger partial charge in [-0.25, -0.2) is 9.37 Å². The topological polar surface area (TPSA) is 17.8 Å². The van der Waals surface area contributed by atoms with Gasteiger partial charge in [-0.15, -0.1) is 0 Å². The molecule has 0 aliphatic rings. The maximum Gasteiger partial charge on any atom is 0.147 e. The Morgan fingerprint density at radius 3 is 2.42 bits per heavy atom. The van der Waals surface area contributed by atoms with E-state index in [9.17, 15) is 0 Å². The van der Waals surface area contributed by atoms with Gasteiger partial charge < -0.3 is 0 Å². The number of rotatable bonds is 3. The highest BCUT2D eigenvalue weighted by Gasteiger charge is 2.14. The second kappa shape index (κ2) is 6.13. The lowest BCUT2D eigenvalue weighted by molar-refractivity contribution is 0.751. The summed E-state index contributed by atoms with van der Waals surface area (Å²) in [6, 6.07) is 24.8. The van der Waals surface area contributed by atoms with E-state index in [4.69, 9.17) is 0 Å². The molecule has 2 aromatic heterocycles. The molecule has 116 valence electrons. The van der Waals surface area contributed by atoms with Crippen molar-refractivity contribution in [3.63, 3.8) is 0 Å². The first kappa shape index (κ1) is 14.4. The maximum absolute atomic E-state index is 15.0. The van der Waals surface area contributed by atoms with Gasteiger partial charge in [-0.1, -0.05) is 54.6 Å². The molecule has 3 heteroatoms. The average Bonchev–Trinajstić information content (AvgIpc) is 3.03. The standard InChI is InChI=1S/C21H15FN2/c22-18(14-16-8-2-1-3-9-16)20-15-17-10-4-5-11-19(17)24(20)21-12-6-7-13-23-21/h1-15H/b18-14-. The molecule has 0 N–H and O–H groups in total. The zero-order chi connectivity index (χ0) is 16.4. The first-order valence-corrected chi connectivity index (χ1v) is 7.77. The zero-order valence-electron chi connectivity index (χ0n) is 12.9. The van der Waals surface area contributed by atoms with Gasteiger partial charge in [-0.2, -0.15) is 0 Å². The van der Waals surface area contributed by atoms with E-state index in [1.165, 1.54) is 0 Å². The molecule has 0 spiro atoms. The van der Waals surface area contributed by atoms with Crippen LogP contribution in [0.25, 0.3) is 28.6 Å². The lowest BCUT2D eigenvalue weighted by Gasteiger charge is -2.08. The predicted octanol–water partition coefficient (Wildman–Crippen LogP) is 5.49. The normalized spacial score (nSPS) is 11.8. The molecule has 2 heterocycles. The van der Waals surface area contributed by atoms with Gasteiger partial charge in [0.1, 0.15) is 11.6 Å². The van der Waals surface area contributed by atoms with Crippen LogP contribution >= 0.6 is 0 Å². The number of halogens is 1. The van der Waals surface area contributed by atoms with Crippen LogP contribution in [-0.4, -0.2) is 9.55 Å². The van der Waals surface area contributed by atoms with E-state index in [1.54, 1.807) is 12.3 Å². The minimum atomic E-state index is -0.289. The lowest BCUT2D eigenvalue weighted by atomic mass is 10.2. The third kappa shape index (κ3) is 2.61. The third-order valence-corrected chi connectivity index (χ3v) is 3.93. The number of hydrogen-bond donors (Lipinski definition) is 0. The van der Waals surface area contributed by atoms with Crippen molar-refractivity contribution in [1.29, 1.82) is 0 Å². The summed E-state index contributed by atoms with van der Waals surface area (Å²) in [5, 5.41) is 0.981. The maximum atomic E-state index is 15.0. The molecule has 0 saturated carbocycles. The summed E-state index contributed by atoms with van der Waals surface area (Å²) in [6.07, 6.45) is 3.26. The van der Waals surface area contributed by atoms with Gasteiger partial charge in [0.15, 0.2) is 0 Å². The Morgan fingerprint density at radius 2 is 1.62 bits per heavy atom. The molecular formula is C21H15FN2. The average molecular weight is 314 g/mol. The van der Waals surface area contributed by atoms with Crippen LogP contribution in [-0.2, 0) is 0 Å². The van der Waals surface area contributed by atoms with E-state index < -0.39 is 0 Å². The zero-order valence-corrected chi connectivity index (χ0v) is 12.9. The Hall–Kier alpha value is -3.20. The smallest absolute Gasteiger partial charge is 0.147 e. The molecule has 0 aliphatic carbocycles. The van der Waals surface area contributed by atoms with Gasteiger partial charge in [-0.05, 0) is 35.9 Å². The number of benzene rings is 2. The summed E-state index contributed by atoms with van der Waals surface area (Å²) in [7, 11) is 0. The van der Waals surface area contributed by atoms with Crippen LogP contribution in [0.3, 0.4) is 0 Å². The van der Waals surface area contributed by atoms with Crippen molar-refractivity contribution in [1.82, 2.24) is 9.55 Å². The third-order valence-electron chi connectivity index (χ3n) is 3.93. The van der Waals surface area contributed by atoms with E-state index in [0.29, 0.717) is 11.5 Å². The van der Waals surface area contributed by atoms with Gasteiger partial charge in [0.2, 0.25) is 0 Å². The molecule has 2 aromatic carbocycles. The predicted molar refractivity (Wildman–Crippen MR) is 96.5 cm³/mol. The fourth-order valence-corrected chi connectivity index (χ4v) is 2.83. The van der Waals surface area contributed by atoms with E-state index in [1.807, 2.05) is 83.4 Å². The summed E-state index contributed by atoms with van der Waals surface area (Å²) in [5.41, 5.74) is 2.26. The molecule has 2 nitrogen and oxygen atoms in total. The van der Waals surface area contributed by atoms with Crippen LogP contribution in [0, 0.1) is 0 Å². The van der Waals surface area contributed by atoms with Crippen molar-refractivity contribution in [2.75, 3.05) is 0 Å². The molecule has 4 aromatic rings. The Kier molecular flexibility index (Phi) is 3.67. The first-order chi connectivity index (χ1) is 11.8. The molecular weight excluding hydrogens is 299 g/mol. The van der Waals surface area contributed by atoms with Crippen molar-refractivity contribution in [3.05, 3.63) is 96.3 Å². The number of pyridine rings is 1. The SMILES string of the molecule is F/C(=C\c1ccccc1)c1cc2ccccc2n1-c1ccccn1. The molecule has 0 unspecified atom stereocenters. The second-order valence-corrected chi connectivity index (χ2v) is 5.51. The molecule has 0 radical (unpaired) electrons. The summed E-state index contributed by atoms with van der Waals surface area (Å²) in [5.74, 6) is 0.411. The summed E-state index contributed by atoms with van der Waals surface area (Å²) >= 11 is 0. The van der Waals surface area contributed by atoms with Crippen LogP contribution in [0.2, 0.25) is 0 Å². The molecule has 0 fully saturated rings. The van der Waals surface area contributed by atoms with Gasteiger partial charge in [-0.3, -0.25) is 4.57 Å². The monoisotopic (exact) mass is 314 g/mol. The molecule has 4 rings (SSSR count). The van der Waals surface area contributed by atoms with Crippen LogP contribution < -0.4 is 0 Å². The van der Waals surface area contributed by atoms with Crippen molar-refractivity contribution in [2.24, 2.45) is 0 Å². The fraction of sp³-hybridized carbons (Fsp3) is 0. The first-order valence-electron chi connectivity index (χ1n) is 7.77. The Balaban J connectivity index is 1.94. The fourth-order valence-electron chi connectivity index (χ4n) is 2.83. The van der Waals surface area contributed by atoms with Crippen LogP contribution in [0.1, 0.15) is 11.3 Å². The second-order valence-electron chi connectivity index (χ2n) is 5.51. The van der Waals surface area contributed by atoms with Gasteiger partial charge in [0.25, 0.3) is 0 Å². The number of hydrogen-bond acceptors (Lipinski definition) is 1. The minimum Gasteiger partial charge on any atom is -0.291 e. The Morgan fingerprint density at radius 1 is 0.875 bits per heavy atom. The molecule has 0 bridgehead atoms. The molecule has 0 amide bonds. The van der Waals surface area contributed by atoms with E-state index in [-0.39, 0.29) is 5.83 Å². The van der Waals surface area contributed by atoms with E-state index in [0.717, 1.165) is 16.5 Å². The number of para-hydroxylation sites is 1. The number of aromatic nitrogens is 2. The van der Waals surface area contributed by atoms with Crippen molar-refractivity contribution < 1.29 is 4.39 Å². The minimum absolute atomic E-state index is 0.289. The summed E-state index contributed by atoms with van der Waals surface area (Å²) < 4.78 is 16.9. The molecule has 0 aliphatic heterocycles.